The van der Waals surface area contributed by atoms with E-state index >= 15 is 0 Å². The lowest BCUT2D eigenvalue weighted by atomic mass is 10.3. The van der Waals surface area contributed by atoms with Crippen molar-refractivity contribution in [1.82, 2.24) is 25.0 Å². The second-order valence-corrected chi connectivity index (χ2v) is 6.29. The molecular formula is C8H8ClN5O2S. The van der Waals surface area contributed by atoms with Gasteiger partial charge in [0.15, 0.2) is 5.82 Å². The van der Waals surface area contributed by atoms with Gasteiger partial charge in [0.25, 0.3) is 14.2 Å². The van der Waals surface area contributed by atoms with Gasteiger partial charge in [-0.2, -0.15) is 5.10 Å². The summed E-state index contributed by atoms with van der Waals surface area (Å²) in [7, 11) is 1.46. The molecule has 0 bridgehead atoms. The smallest absolute Gasteiger partial charge is 0.294 e. The van der Waals surface area contributed by atoms with E-state index in [1.807, 2.05) is 0 Å². The molecular weight excluding hydrogens is 266 g/mol. The van der Waals surface area contributed by atoms with Crippen molar-refractivity contribution in [3.63, 3.8) is 0 Å². The van der Waals surface area contributed by atoms with Gasteiger partial charge in [-0.3, -0.25) is 9.67 Å². The first-order valence-corrected chi connectivity index (χ1v) is 7.27. The van der Waals surface area contributed by atoms with Crippen molar-refractivity contribution in [3.8, 4) is 11.4 Å². The molecule has 0 atom stereocenters. The van der Waals surface area contributed by atoms with Gasteiger partial charge >= 0.3 is 0 Å². The molecule has 9 heteroatoms. The van der Waals surface area contributed by atoms with Crippen LogP contribution in [0.15, 0.2) is 17.6 Å². The molecule has 1 saturated carbocycles. The Morgan fingerprint density at radius 1 is 1.41 bits per heavy atom. The van der Waals surface area contributed by atoms with Gasteiger partial charge in [-0.25, -0.2) is 8.42 Å². The molecule has 2 aromatic heterocycles. The van der Waals surface area contributed by atoms with E-state index in [0.717, 1.165) is 12.8 Å². The first-order chi connectivity index (χ1) is 8.07. The summed E-state index contributed by atoms with van der Waals surface area (Å²) in [6.07, 6.45) is 5.01. The maximum Gasteiger partial charge on any atom is 0.296 e. The van der Waals surface area contributed by atoms with Crippen LogP contribution in [0.3, 0.4) is 0 Å². The summed E-state index contributed by atoms with van der Waals surface area (Å²) >= 11 is 0. The third-order valence-corrected chi connectivity index (χ3v) is 3.68. The fourth-order valence-corrected chi connectivity index (χ4v) is 2.60. The van der Waals surface area contributed by atoms with Gasteiger partial charge in [0.05, 0.1) is 11.8 Å². The number of hydrogen-bond donors (Lipinski definition) is 1. The Bertz CT molecular complexity index is 644. The van der Waals surface area contributed by atoms with Crippen molar-refractivity contribution in [2.75, 3.05) is 0 Å². The van der Waals surface area contributed by atoms with E-state index in [2.05, 4.69) is 20.4 Å². The molecule has 3 rings (SSSR count). The summed E-state index contributed by atoms with van der Waals surface area (Å²) in [4.78, 5) is 0. The highest BCUT2D eigenvalue weighted by atomic mass is 35.7. The molecule has 1 fully saturated rings. The van der Waals surface area contributed by atoms with Crippen molar-refractivity contribution in [3.05, 3.63) is 12.4 Å². The Morgan fingerprint density at radius 2 is 2.18 bits per heavy atom. The molecule has 0 spiro atoms. The quantitative estimate of drug-likeness (QED) is 0.840. The number of halogens is 1. The maximum atomic E-state index is 11.4. The number of aromatic amines is 1. The molecule has 2 aromatic rings. The van der Waals surface area contributed by atoms with Crippen LogP contribution in [0, 0.1) is 0 Å². The van der Waals surface area contributed by atoms with Gasteiger partial charge in [0, 0.05) is 22.9 Å². The SMILES string of the molecule is O=S(=O)(Cl)c1nnc(-c2cn[nH]c2)n1C1CC1. The Morgan fingerprint density at radius 3 is 2.71 bits per heavy atom. The summed E-state index contributed by atoms with van der Waals surface area (Å²) in [5.41, 5.74) is 0.691. The lowest BCUT2D eigenvalue weighted by Crippen LogP contribution is -2.05. The van der Waals surface area contributed by atoms with Gasteiger partial charge in [-0.05, 0) is 12.8 Å². The monoisotopic (exact) mass is 273 g/mol. The van der Waals surface area contributed by atoms with Crippen LogP contribution in [0.25, 0.3) is 11.4 Å². The molecule has 7 nitrogen and oxygen atoms in total. The maximum absolute atomic E-state index is 11.4. The number of aromatic nitrogens is 5. The zero-order valence-corrected chi connectivity index (χ0v) is 10.1. The van der Waals surface area contributed by atoms with Crippen LogP contribution >= 0.6 is 10.7 Å². The second kappa shape index (κ2) is 3.54. The lowest BCUT2D eigenvalue weighted by molar-refractivity contribution is 0.579. The van der Waals surface area contributed by atoms with E-state index in [-0.39, 0.29) is 11.2 Å². The van der Waals surface area contributed by atoms with E-state index in [1.54, 1.807) is 17.0 Å². The average molecular weight is 274 g/mol. The molecule has 17 heavy (non-hydrogen) atoms. The molecule has 1 aliphatic carbocycles. The van der Waals surface area contributed by atoms with Crippen LogP contribution in [-0.4, -0.2) is 33.4 Å². The van der Waals surface area contributed by atoms with Crippen molar-refractivity contribution in [2.45, 2.75) is 24.0 Å². The summed E-state index contributed by atoms with van der Waals surface area (Å²) in [6, 6.07) is 0.110. The molecule has 0 amide bonds. The second-order valence-electron chi connectivity index (χ2n) is 3.83. The molecule has 0 saturated heterocycles. The highest BCUT2D eigenvalue weighted by Gasteiger charge is 2.34. The van der Waals surface area contributed by atoms with Crippen LogP contribution in [0.1, 0.15) is 18.9 Å². The van der Waals surface area contributed by atoms with Crippen LogP contribution in [0.2, 0.25) is 0 Å². The average Bonchev–Trinajstić information content (AvgIpc) is 2.81. The highest BCUT2D eigenvalue weighted by molar-refractivity contribution is 8.13. The third kappa shape index (κ3) is 1.83. The van der Waals surface area contributed by atoms with E-state index in [4.69, 9.17) is 10.7 Å². The normalized spacial score (nSPS) is 16.3. The van der Waals surface area contributed by atoms with E-state index in [1.165, 1.54) is 0 Å². The van der Waals surface area contributed by atoms with Crippen molar-refractivity contribution in [1.29, 1.82) is 0 Å². The molecule has 0 unspecified atom stereocenters. The molecule has 1 N–H and O–H groups in total. The topological polar surface area (TPSA) is 93.5 Å². The Labute approximate surface area is 101 Å². The predicted octanol–water partition coefficient (Wildman–Crippen LogP) is 0.931. The number of H-pyrrole nitrogens is 1. The lowest BCUT2D eigenvalue weighted by Gasteiger charge is -2.04. The fourth-order valence-electron chi connectivity index (χ4n) is 1.68. The molecule has 0 radical (unpaired) electrons. The predicted molar refractivity (Wildman–Crippen MR) is 58.9 cm³/mol. The zero-order valence-electron chi connectivity index (χ0n) is 8.54. The Kier molecular flexibility index (Phi) is 2.23. The molecule has 90 valence electrons. The minimum atomic E-state index is -3.88. The molecule has 0 aliphatic heterocycles. The zero-order chi connectivity index (χ0) is 12.0. The van der Waals surface area contributed by atoms with Crippen LogP contribution in [0.5, 0.6) is 0 Å². The summed E-state index contributed by atoms with van der Waals surface area (Å²) in [5, 5.41) is 13.8. The number of hydrogen-bond acceptors (Lipinski definition) is 5. The molecule has 1 aliphatic rings. The van der Waals surface area contributed by atoms with Gasteiger partial charge in [0.1, 0.15) is 0 Å². The van der Waals surface area contributed by atoms with Gasteiger partial charge in [0.2, 0.25) is 0 Å². The van der Waals surface area contributed by atoms with Crippen molar-refractivity contribution >= 4 is 19.7 Å². The van der Waals surface area contributed by atoms with Gasteiger partial charge in [-0.1, -0.05) is 0 Å². The Balaban J connectivity index is 2.21. The first kappa shape index (κ1) is 10.7. The van der Waals surface area contributed by atoms with Crippen molar-refractivity contribution < 1.29 is 8.42 Å². The van der Waals surface area contributed by atoms with E-state index < -0.39 is 9.05 Å². The van der Waals surface area contributed by atoms with Crippen LogP contribution in [0.4, 0.5) is 0 Å². The third-order valence-electron chi connectivity index (χ3n) is 2.55. The number of rotatable bonds is 3. The first-order valence-electron chi connectivity index (χ1n) is 4.96. The van der Waals surface area contributed by atoms with Crippen molar-refractivity contribution in [2.24, 2.45) is 0 Å². The van der Waals surface area contributed by atoms with Gasteiger partial charge in [-0.15, -0.1) is 10.2 Å². The molecule has 2 heterocycles. The Hall–Kier alpha value is -1.41. The number of nitrogens with one attached hydrogen (secondary N) is 1. The van der Waals surface area contributed by atoms with Crippen LogP contribution in [-0.2, 0) is 9.05 Å². The summed E-state index contributed by atoms with van der Waals surface area (Å²) < 4.78 is 24.3. The molecule has 0 aromatic carbocycles. The summed E-state index contributed by atoms with van der Waals surface area (Å²) in [6.45, 7) is 0. The standard InChI is InChI=1S/C8H8ClN5O2S/c9-17(15,16)8-13-12-7(5-3-10-11-4-5)14(8)6-1-2-6/h3-4,6H,1-2H2,(H,10,11). The fraction of sp³-hybridized carbons (Fsp3) is 0.375. The highest BCUT2D eigenvalue weighted by Crippen LogP contribution is 2.40. The summed E-state index contributed by atoms with van der Waals surface area (Å²) in [5.74, 6) is 0.473. The minimum Gasteiger partial charge on any atom is -0.294 e. The largest absolute Gasteiger partial charge is 0.296 e. The van der Waals surface area contributed by atoms with E-state index in [9.17, 15) is 8.42 Å². The van der Waals surface area contributed by atoms with Gasteiger partial charge < -0.3 is 0 Å². The van der Waals surface area contributed by atoms with E-state index in [0.29, 0.717) is 11.4 Å². The number of nitrogens with zero attached hydrogens (tertiary/aromatic N) is 4. The van der Waals surface area contributed by atoms with Crippen LogP contribution < -0.4 is 0 Å². The minimum absolute atomic E-state index is 0.110.